The van der Waals surface area contributed by atoms with E-state index in [9.17, 15) is 9.90 Å². The number of hydrogen-bond acceptors (Lipinski definition) is 4. The summed E-state index contributed by atoms with van der Waals surface area (Å²) in [6.07, 6.45) is 2.57. The Hall–Kier alpha value is -0.830. The van der Waals surface area contributed by atoms with Crippen LogP contribution in [-0.2, 0) is 4.74 Å². The Kier molecular flexibility index (Phi) is 4.05. The number of rotatable bonds is 1. The van der Waals surface area contributed by atoms with E-state index in [2.05, 4.69) is 27.7 Å². The Labute approximate surface area is 125 Å². The summed E-state index contributed by atoms with van der Waals surface area (Å²) in [4.78, 5) is 13.5. The van der Waals surface area contributed by atoms with Crippen LogP contribution in [0, 0.1) is 3.57 Å². The lowest BCUT2D eigenvalue weighted by Crippen LogP contribution is -2.35. The highest BCUT2D eigenvalue weighted by atomic mass is 127. The zero-order chi connectivity index (χ0) is 14.2. The zero-order valence-electron chi connectivity index (χ0n) is 11.2. The van der Waals surface area contributed by atoms with E-state index in [-0.39, 0.29) is 12.6 Å². The quantitative estimate of drug-likeness (QED) is 0.754. The van der Waals surface area contributed by atoms with Crippen LogP contribution in [0.15, 0.2) is 12.4 Å². The summed E-state index contributed by atoms with van der Waals surface area (Å²) in [5.74, 6) is 0. The van der Waals surface area contributed by atoms with Crippen LogP contribution in [0.4, 0.5) is 4.79 Å². The van der Waals surface area contributed by atoms with Crippen molar-refractivity contribution in [2.45, 2.75) is 38.5 Å². The molecule has 1 aromatic rings. The average Bonchev–Trinajstić information content (AvgIpc) is 2.82. The minimum Gasteiger partial charge on any atom is -0.444 e. The Bertz CT molecular complexity index is 469. The predicted molar refractivity (Wildman–Crippen MR) is 77.8 cm³/mol. The lowest BCUT2D eigenvalue weighted by molar-refractivity contribution is 0.0270. The van der Waals surface area contributed by atoms with E-state index >= 15 is 0 Å². The van der Waals surface area contributed by atoms with Crippen molar-refractivity contribution in [3.8, 4) is 0 Å². The molecule has 6 nitrogen and oxygen atoms in total. The minimum absolute atomic E-state index is 0.212. The monoisotopic (exact) mass is 379 g/mol. The highest BCUT2D eigenvalue weighted by Crippen LogP contribution is 2.24. The summed E-state index contributed by atoms with van der Waals surface area (Å²) >= 11 is 2.16. The van der Waals surface area contributed by atoms with Gasteiger partial charge in [-0.3, -0.25) is 4.68 Å². The van der Waals surface area contributed by atoms with Crippen molar-refractivity contribution in [3.63, 3.8) is 0 Å². The summed E-state index contributed by atoms with van der Waals surface area (Å²) < 4.78 is 8.01. The van der Waals surface area contributed by atoms with Gasteiger partial charge in [-0.05, 0) is 43.4 Å². The number of carbonyl (C=O) groups excluding carboxylic acids is 1. The first kappa shape index (κ1) is 14.6. The van der Waals surface area contributed by atoms with Gasteiger partial charge in [0.05, 0.1) is 28.5 Å². The van der Waals surface area contributed by atoms with Gasteiger partial charge in [0.25, 0.3) is 0 Å². The second-order valence-electron chi connectivity index (χ2n) is 5.66. The van der Waals surface area contributed by atoms with Crippen molar-refractivity contribution in [1.29, 1.82) is 0 Å². The first-order valence-corrected chi connectivity index (χ1v) is 7.20. The summed E-state index contributed by atoms with van der Waals surface area (Å²) in [5.41, 5.74) is -0.527. The Morgan fingerprint density at radius 3 is 2.74 bits per heavy atom. The molecular formula is C12H18IN3O3. The number of β-amino-alcohol motifs (C(OH)–C–C–N with tert-alkyl or cyclic N) is 1. The number of aliphatic hydroxyl groups excluding tert-OH is 1. The molecule has 19 heavy (non-hydrogen) atoms. The molecule has 1 N–H and O–H groups in total. The molecule has 7 heteroatoms. The second-order valence-corrected chi connectivity index (χ2v) is 6.90. The molecule has 0 aromatic carbocycles. The molecule has 1 amide bonds. The molecule has 0 unspecified atom stereocenters. The van der Waals surface area contributed by atoms with E-state index in [0.717, 1.165) is 3.57 Å². The minimum atomic E-state index is -0.622. The molecule has 1 aliphatic heterocycles. The van der Waals surface area contributed by atoms with Crippen LogP contribution >= 0.6 is 22.6 Å². The van der Waals surface area contributed by atoms with Gasteiger partial charge in [0, 0.05) is 12.7 Å². The van der Waals surface area contributed by atoms with Gasteiger partial charge < -0.3 is 14.7 Å². The third kappa shape index (κ3) is 3.59. The average molecular weight is 379 g/mol. The molecule has 0 saturated carbocycles. The van der Waals surface area contributed by atoms with Gasteiger partial charge in [-0.25, -0.2) is 4.79 Å². The van der Waals surface area contributed by atoms with Gasteiger partial charge in [-0.2, -0.15) is 5.10 Å². The van der Waals surface area contributed by atoms with Crippen LogP contribution < -0.4 is 0 Å². The van der Waals surface area contributed by atoms with E-state index in [1.54, 1.807) is 10.9 Å². The van der Waals surface area contributed by atoms with Crippen LogP contribution in [0.5, 0.6) is 0 Å². The van der Waals surface area contributed by atoms with Gasteiger partial charge in [-0.15, -0.1) is 0 Å². The predicted octanol–water partition coefficient (Wildman–Crippen LogP) is 1.64. The maximum atomic E-state index is 12.0. The SMILES string of the molecule is CC(C)(C)OC(=O)N1C[C@H](O)[C@@H](n2cc(I)cn2)C1. The van der Waals surface area contributed by atoms with Crippen molar-refractivity contribution < 1.29 is 14.6 Å². The number of carbonyl (C=O) groups is 1. The molecule has 0 aliphatic carbocycles. The number of aromatic nitrogens is 2. The zero-order valence-corrected chi connectivity index (χ0v) is 13.4. The molecule has 0 bridgehead atoms. The first-order valence-electron chi connectivity index (χ1n) is 6.12. The van der Waals surface area contributed by atoms with Crippen molar-refractivity contribution >= 4 is 28.7 Å². The van der Waals surface area contributed by atoms with Crippen molar-refractivity contribution in [2.24, 2.45) is 0 Å². The molecule has 1 aliphatic rings. The van der Waals surface area contributed by atoms with Gasteiger partial charge in [-0.1, -0.05) is 0 Å². The van der Waals surface area contributed by atoms with Gasteiger partial charge in [0.1, 0.15) is 5.60 Å². The van der Waals surface area contributed by atoms with E-state index in [1.165, 1.54) is 4.90 Å². The maximum Gasteiger partial charge on any atom is 0.410 e. The van der Waals surface area contributed by atoms with Crippen LogP contribution in [0.25, 0.3) is 0 Å². The second kappa shape index (κ2) is 5.28. The molecule has 0 spiro atoms. The maximum absolute atomic E-state index is 12.0. The highest BCUT2D eigenvalue weighted by molar-refractivity contribution is 14.1. The molecule has 2 heterocycles. The summed E-state index contributed by atoms with van der Waals surface area (Å²) in [5, 5.41) is 14.2. The largest absolute Gasteiger partial charge is 0.444 e. The Balaban J connectivity index is 2.03. The van der Waals surface area contributed by atoms with Crippen LogP contribution in [0.1, 0.15) is 26.8 Å². The molecule has 106 valence electrons. The number of hydrogen-bond donors (Lipinski definition) is 1. The lowest BCUT2D eigenvalue weighted by atomic mass is 10.2. The molecule has 2 rings (SSSR count). The molecule has 1 saturated heterocycles. The molecular weight excluding hydrogens is 361 g/mol. The fraction of sp³-hybridized carbons (Fsp3) is 0.667. The fourth-order valence-corrected chi connectivity index (χ4v) is 2.41. The number of nitrogens with zero attached hydrogens (tertiary/aromatic N) is 3. The van der Waals surface area contributed by atoms with Gasteiger partial charge in [0.15, 0.2) is 0 Å². The molecule has 2 atom stereocenters. The number of ether oxygens (including phenoxy) is 1. The van der Waals surface area contributed by atoms with Crippen LogP contribution in [-0.4, -0.2) is 50.7 Å². The summed E-state index contributed by atoms with van der Waals surface area (Å²) in [6.45, 7) is 6.16. The first-order chi connectivity index (χ1) is 8.76. The standard InChI is InChI=1S/C12H18IN3O3/c1-12(2,3)19-11(18)15-6-9(10(17)7-15)16-5-8(13)4-14-16/h4-5,9-10,17H,6-7H2,1-3H3/t9-,10-/m0/s1. The lowest BCUT2D eigenvalue weighted by Gasteiger charge is -2.24. The number of aliphatic hydroxyl groups is 1. The van der Waals surface area contributed by atoms with Crippen molar-refractivity contribution in [2.75, 3.05) is 13.1 Å². The highest BCUT2D eigenvalue weighted by Gasteiger charge is 2.37. The topological polar surface area (TPSA) is 67.6 Å². The third-order valence-corrected chi connectivity index (χ3v) is 3.38. The van der Waals surface area contributed by atoms with Gasteiger partial charge >= 0.3 is 6.09 Å². The smallest absolute Gasteiger partial charge is 0.410 e. The summed E-state index contributed by atoms with van der Waals surface area (Å²) in [7, 11) is 0. The molecule has 1 aromatic heterocycles. The van der Waals surface area contributed by atoms with E-state index in [4.69, 9.17) is 4.74 Å². The molecule has 0 radical (unpaired) electrons. The van der Waals surface area contributed by atoms with E-state index < -0.39 is 17.8 Å². The normalized spacial score (nSPS) is 23.7. The summed E-state index contributed by atoms with van der Waals surface area (Å²) in [6, 6.07) is -0.212. The number of amides is 1. The fourth-order valence-electron chi connectivity index (χ4n) is 2.00. The van der Waals surface area contributed by atoms with Crippen molar-refractivity contribution in [1.82, 2.24) is 14.7 Å². The number of halogens is 1. The van der Waals surface area contributed by atoms with Crippen LogP contribution in [0.3, 0.4) is 0 Å². The van der Waals surface area contributed by atoms with Crippen LogP contribution in [0.2, 0.25) is 0 Å². The molecule has 1 fully saturated rings. The van der Waals surface area contributed by atoms with E-state index in [0.29, 0.717) is 6.54 Å². The van der Waals surface area contributed by atoms with Crippen molar-refractivity contribution in [3.05, 3.63) is 16.0 Å². The third-order valence-electron chi connectivity index (χ3n) is 2.82. The Morgan fingerprint density at radius 2 is 2.21 bits per heavy atom. The Morgan fingerprint density at radius 1 is 1.53 bits per heavy atom. The van der Waals surface area contributed by atoms with Gasteiger partial charge in [0.2, 0.25) is 0 Å². The van der Waals surface area contributed by atoms with E-state index in [1.807, 2.05) is 27.0 Å². The number of likely N-dealkylation sites (tertiary alicyclic amines) is 1.